The molecule has 0 radical (unpaired) electrons. The zero-order chi connectivity index (χ0) is 17.5. The van der Waals surface area contributed by atoms with Crippen LogP contribution in [0.4, 0.5) is 0 Å². The first-order chi connectivity index (χ1) is 11.5. The fraction of sp³-hybridized carbons (Fsp3) is 1.00. The highest BCUT2D eigenvalue weighted by atomic mass is 16.5. The fourth-order valence-electron chi connectivity index (χ4n) is 7.81. The van der Waals surface area contributed by atoms with Crippen molar-refractivity contribution in [3.8, 4) is 0 Å². The van der Waals surface area contributed by atoms with Gasteiger partial charge in [-0.25, -0.2) is 0 Å². The summed E-state index contributed by atoms with van der Waals surface area (Å²) in [6, 6.07) is 0. The topological polar surface area (TPSA) is 9.23 Å². The molecule has 0 amide bonds. The van der Waals surface area contributed by atoms with Crippen LogP contribution in [0.1, 0.15) is 99.8 Å². The fourth-order valence-corrected chi connectivity index (χ4v) is 7.81. The van der Waals surface area contributed by atoms with Gasteiger partial charge in [0.05, 0.1) is 6.10 Å². The van der Waals surface area contributed by atoms with Gasteiger partial charge in [0.25, 0.3) is 0 Å². The summed E-state index contributed by atoms with van der Waals surface area (Å²) >= 11 is 0. The van der Waals surface area contributed by atoms with Crippen molar-refractivity contribution >= 4 is 0 Å². The molecule has 4 fully saturated rings. The van der Waals surface area contributed by atoms with E-state index in [1.165, 1.54) is 57.8 Å². The molecule has 4 rings (SSSR count). The summed E-state index contributed by atoms with van der Waals surface area (Å²) < 4.78 is 5.91. The standard InChI is InChI=1S/C21H36O.C2H6.CH4/c1-14-9-11-20(2)15(13-14)5-6-16-17-7-8-19(22-4)21(17,3)12-10-18(16)20;1-2;/h14-19H,5-13H2,1-4H3;1-2H3;1H4/t14-,15?,16-,17?,18?,19-,20-,21-;;/m0../s1. The highest BCUT2D eigenvalue weighted by Gasteiger charge is 2.60. The van der Waals surface area contributed by atoms with E-state index in [1.807, 2.05) is 21.0 Å². The number of hydrogen-bond acceptors (Lipinski definition) is 1. The minimum atomic E-state index is 0. The number of hydrogen-bond donors (Lipinski definition) is 0. The Morgan fingerprint density at radius 2 is 1.44 bits per heavy atom. The van der Waals surface area contributed by atoms with Crippen LogP contribution in [0.2, 0.25) is 0 Å². The van der Waals surface area contributed by atoms with Crippen molar-refractivity contribution in [2.75, 3.05) is 7.11 Å². The van der Waals surface area contributed by atoms with E-state index < -0.39 is 0 Å². The minimum absolute atomic E-state index is 0. The molecule has 0 aromatic heterocycles. The number of methoxy groups -OCH3 is 1. The molecule has 0 heterocycles. The average molecular weight is 351 g/mol. The molecular formula is C24H46O. The van der Waals surface area contributed by atoms with Crippen LogP contribution in [0.5, 0.6) is 0 Å². The monoisotopic (exact) mass is 350 g/mol. The first kappa shape index (κ1) is 21.3. The Morgan fingerprint density at radius 3 is 2.12 bits per heavy atom. The van der Waals surface area contributed by atoms with Crippen molar-refractivity contribution in [1.82, 2.24) is 0 Å². The van der Waals surface area contributed by atoms with E-state index in [0.29, 0.717) is 16.9 Å². The highest BCUT2D eigenvalue weighted by molar-refractivity contribution is 5.09. The molecule has 0 aliphatic heterocycles. The molecule has 148 valence electrons. The summed E-state index contributed by atoms with van der Waals surface area (Å²) in [6.07, 6.45) is 13.8. The summed E-state index contributed by atoms with van der Waals surface area (Å²) in [5.74, 6) is 4.99. The molecule has 1 nitrogen and oxygen atoms in total. The van der Waals surface area contributed by atoms with Gasteiger partial charge in [0, 0.05) is 7.11 Å². The van der Waals surface area contributed by atoms with E-state index in [2.05, 4.69) is 20.8 Å². The van der Waals surface area contributed by atoms with Crippen LogP contribution in [0, 0.1) is 40.4 Å². The Labute approximate surface area is 158 Å². The summed E-state index contributed by atoms with van der Waals surface area (Å²) in [7, 11) is 1.95. The molecule has 3 unspecified atom stereocenters. The van der Waals surface area contributed by atoms with Gasteiger partial charge >= 0.3 is 0 Å². The molecule has 0 bridgehead atoms. The van der Waals surface area contributed by atoms with Crippen molar-refractivity contribution in [3.63, 3.8) is 0 Å². The molecule has 0 N–H and O–H groups in total. The molecule has 4 aliphatic rings. The van der Waals surface area contributed by atoms with Crippen molar-refractivity contribution in [1.29, 1.82) is 0 Å². The normalized spacial score (nSPS) is 51.1. The molecule has 0 aromatic rings. The Bertz CT molecular complexity index is 432. The summed E-state index contributed by atoms with van der Waals surface area (Å²) in [5, 5.41) is 0. The van der Waals surface area contributed by atoms with E-state index in [-0.39, 0.29) is 7.43 Å². The van der Waals surface area contributed by atoms with E-state index in [0.717, 1.165) is 29.6 Å². The lowest BCUT2D eigenvalue weighted by Gasteiger charge is -2.61. The Morgan fingerprint density at radius 1 is 0.800 bits per heavy atom. The maximum atomic E-state index is 5.91. The third-order valence-electron chi connectivity index (χ3n) is 9.13. The highest BCUT2D eigenvalue weighted by Crippen LogP contribution is 2.66. The molecule has 1 heteroatoms. The molecule has 25 heavy (non-hydrogen) atoms. The largest absolute Gasteiger partial charge is 0.381 e. The Hall–Kier alpha value is -0.0400. The Kier molecular flexibility index (Phi) is 6.73. The van der Waals surface area contributed by atoms with Crippen molar-refractivity contribution in [2.45, 2.75) is 106 Å². The second-order valence-corrected chi connectivity index (χ2v) is 9.88. The van der Waals surface area contributed by atoms with Crippen LogP contribution in [0.25, 0.3) is 0 Å². The van der Waals surface area contributed by atoms with Crippen LogP contribution in [-0.4, -0.2) is 13.2 Å². The van der Waals surface area contributed by atoms with E-state index in [4.69, 9.17) is 4.74 Å². The van der Waals surface area contributed by atoms with Gasteiger partial charge in [0.2, 0.25) is 0 Å². The third-order valence-corrected chi connectivity index (χ3v) is 9.13. The first-order valence-corrected chi connectivity index (χ1v) is 11.0. The summed E-state index contributed by atoms with van der Waals surface area (Å²) in [5.41, 5.74) is 1.16. The molecule has 0 spiro atoms. The lowest BCUT2D eigenvalue weighted by atomic mass is 9.44. The van der Waals surface area contributed by atoms with Gasteiger partial charge < -0.3 is 4.74 Å². The number of rotatable bonds is 1. The van der Waals surface area contributed by atoms with Gasteiger partial charge in [-0.1, -0.05) is 48.5 Å². The second-order valence-electron chi connectivity index (χ2n) is 9.88. The van der Waals surface area contributed by atoms with E-state index >= 15 is 0 Å². The first-order valence-electron chi connectivity index (χ1n) is 11.0. The van der Waals surface area contributed by atoms with Gasteiger partial charge in [-0.2, -0.15) is 0 Å². The maximum Gasteiger partial charge on any atom is 0.0627 e. The third kappa shape index (κ3) is 3.21. The SMILES string of the molecule is C.CC.CO[C@H]1CCC2[C@@H]3CCC4C[C@@H](C)CC[C@]4(C)C3CC[C@@]21C. The predicted octanol–water partition coefficient (Wildman–Crippen LogP) is 7.34. The van der Waals surface area contributed by atoms with Crippen LogP contribution < -0.4 is 0 Å². The van der Waals surface area contributed by atoms with Crippen LogP contribution in [-0.2, 0) is 4.74 Å². The zero-order valence-corrected chi connectivity index (χ0v) is 17.2. The molecule has 8 atom stereocenters. The van der Waals surface area contributed by atoms with Crippen LogP contribution in [0.3, 0.4) is 0 Å². The summed E-state index contributed by atoms with van der Waals surface area (Å²) in [4.78, 5) is 0. The minimum Gasteiger partial charge on any atom is -0.381 e. The van der Waals surface area contributed by atoms with Crippen molar-refractivity contribution < 1.29 is 4.74 Å². The van der Waals surface area contributed by atoms with E-state index in [9.17, 15) is 0 Å². The molecule has 4 saturated carbocycles. The zero-order valence-electron chi connectivity index (χ0n) is 17.2. The summed E-state index contributed by atoms with van der Waals surface area (Å²) in [6.45, 7) is 11.7. The van der Waals surface area contributed by atoms with Gasteiger partial charge in [0.15, 0.2) is 0 Å². The second kappa shape index (κ2) is 7.91. The molecular weight excluding hydrogens is 304 g/mol. The molecule has 4 aliphatic carbocycles. The van der Waals surface area contributed by atoms with E-state index in [1.54, 1.807) is 0 Å². The van der Waals surface area contributed by atoms with Crippen molar-refractivity contribution in [3.05, 3.63) is 0 Å². The number of ether oxygens (including phenoxy) is 1. The average Bonchev–Trinajstić information content (AvgIpc) is 2.93. The number of fused-ring (bicyclic) bond motifs is 5. The van der Waals surface area contributed by atoms with Crippen LogP contribution in [0.15, 0.2) is 0 Å². The molecule has 0 saturated heterocycles. The van der Waals surface area contributed by atoms with Gasteiger partial charge in [-0.3, -0.25) is 0 Å². The van der Waals surface area contributed by atoms with Gasteiger partial charge in [-0.15, -0.1) is 0 Å². The van der Waals surface area contributed by atoms with Gasteiger partial charge in [0.1, 0.15) is 0 Å². The Balaban J connectivity index is 0.000000726. The predicted molar refractivity (Wildman–Crippen MR) is 110 cm³/mol. The maximum absolute atomic E-state index is 5.91. The van der Waals surface area contributed by atoms with Gasteiger partial charge in [-0.05, 0) is 91.8 Å². The van der Waals surface area contributed by atoms with Crippen LogP contribution >= 0.6 is 0 Å². The lowest BCUT2D eigenvalue weighted by Crippen LogP contribution is -2.54. The lowest BCUT2D eigenvalue weighted by molar-refractivity contribution is -0.130. The smallest absolute Gasteiger partial charge is 0.0627 e. The quantitative estimate of drug-likeness (QED) is 0.480. The van der Waals surface area contributed by atoms with Crippen molar-refractivity contribution in [2.24, 2.45) is 40.4 Å². The molecule has 0 aromatic carbocycles.